The third-order valence-corrected chi connectivity index (χ3v) is 9.69. The Morgan fingerprint density at radius 3 is 2.00 bits per heavy atom. The summed E-state index contributed by atoms with van der Waals surface area (Å²) >= 11 is 0. The molecule has 4 aromatic carbocycles. The summed E-state index contributed by atoms with van der Waals surface area (Å²) in [6.45, 7) is 8.11. The quantitative estimate of drug-likeness (QED) is 0.159. The Morgan fingerprint density at radius 1 is 0.787 bits per heavy atom. The van der Waals surface area contributed by atoms with Gasteiger partial charge < -0.3 is 15.0 Å². The fourth-order valence-electron chi connectivity index (χ4n) is 5.22. The van der Waals surface area contributed by atoms with Crippen molar-refractivity contribution in [2.24, 2.45) is 5.92 Å². The molecule has 9 heteroatoms. The van der Waals surface area contributed by atoms with Gasteiger partial charge in [0, 0.05) is 19.5 Å². The lowest BCUT2D eigenvalue weighted by Crippen LogP contribution is -2.53. The van der Waals surface area contributed by atoms with Crippen LogP contribution in [0.4, 0.5) is 5.69 Å². The van der Waals surface area contributed by atoms with Gasteiger partial charge in [0.25, 0.3) is 10.0 Å². The highest BCUT2D eigenvalue weighted by atomic mass is 32.2. The first-order valence-electron chi connectivity index (χ1n) is 15.9. The van der Waals surface area contributed by atoms with Gasteiger partial charge in [0.05, 0.1) is 17.7 Å². The van der Waals surface area contributed by atoms with Crippen molar-refractivity contribution < 1.29 is 22.7 Å². The molecule has 0 radical (unpaired) electrons. The molecule has 0 saturated heterocycles. The van der Waals surface area contributed by atoms with Crippen molar-refractivity contribution in [3.8, 4) is 5.75 Å². The summed E-state index contributed by atoms with van der Waals surface area (Å²) in [7, 11) is -2.59. The normalized spacial score (nSPS) is 12.1. The van der Waals surface area contributed by atoms with Crippen molar-refractivity contribution >= 4 is 27.5 Å². The van der Waals surface area contributed by atoms with Crippen LogP contribution in [0.25, 0.3) is 0 Å². The van der Waals surface area contributed by atoms with E-state index < -0.39 is 28.5 Å². The summed E-state index contributed by atoms with van der Waals surface area (Å²) in [4.78, 5) is 30.1. The van der Waals surface area contributed by atoms with E-state index in [0.717, 1.165) is 21.0 Å². The van der Waals surface area contributed by atoms with Crippen molar-refractivity contribution in [3.05, 3.63) is 126 Å². The maximum atomic E-state index is 14.6. The van der Waals surface area contributed by atoms with E-state index in [0.29, 0.717) is 18.0 Å². The number of hydrogen-bond acceptors (Lipinski definition) is 5. The van der Waals surface area contributed by atoms with E-state index in [1.807, 2.05) is 74.5 Å². The van der Waals surface area contributed by atoms with E-state index in [2.05, 4.69) is 19.2 Å². The van der Waals surface area contributed by atoms with E-state index >= 15 is 0 Å². The lowest BCUT2D eigenvalue weighted by Gasteiger charge is -2.34. The summed E-state index contributed by atoms with van der Waals surface area (Å²) in [6, 6.07) is 31.2. The van der Waals surface area contributed by atoms with Gasteiger partial charge in [-0.25, -0.2) is 8.42 Å². The standard InChI is InChI=1S/C38H45N3O5S/c1-28(2)25-39-38(43)36(24-30-13-8-6-9-14-30)40(26-31-15-12-16-34(23-31)46-5)37(42)27-41(33-21-19-32(20-22-33)29(3)4)47(44,45)35-17-10-7-11-18-35/h6-23,28-29,36H,24-27H2,1-5H3,(H,39,43)/t36-/m0/s1. The molecule has 0 bridgehead atoms. The molecule has 0 aliphatic carbocycles. The number of hydrogen-bond donors (Lipinski definition) is 1. The Hall–Kier alpha value is -4.63. The van der Waals surface area contributed by atoms with Gasteiger partial charge in [-0.05, 0) is 64.9 Å². The molecule has 4 aromatic rings. The fraction of sp³-hybridized carbons (Fsp3) is 0.316. The number of amides is 2. The minimum Gasteiger partial charge on any atom is -0.497 e. The van der Waals surface area contributed by atoms with Crippen LogP contribution < -0.4 is 14.4 Å². The number of ether oxygens (including phenoxy) is 1. The predicted molar refractivity (Wildman–Crippen MR) is 187 cm³/mol. The van der Waals surface area contributed by atoms with Gasteiger partial charge in [0.15, 0.2) is 0 Å². The average Bonchev–Trinajstić information content (AvgIpc) is 3.08. The van der Waals surface area contributed by atoms with Gasteiger partial charge >= 0.3 is 0 Å². The van der Waals surface area contributed by atoms with E-state index in [1.54, 1.807) is 43.5 Å². The minimum atomic E-state index is -4.16. The fourth-order valence-corrected chi connectivity index (χ4v) is 6.65. The number of anilines is 1. The number of benzene rings is 4. The van der Waals surface area contributed by atoms with Gasteiger partial charge in [-0.2, -0.15) is 0 Å². The van der Waals surface area contributed by atoms with Crippen LogP contribution in [-0.2, 0) is 32.6 Å². The third-order valence-electron chi connectivity index (χ3n) is 7.90. The molecule has 0 aliphatic heterocycles. The van der Waals surface area contributed by atoms with Crippen molar-refractivity contribution in [2.75, 3.05) is 24.5 Å². The van der Waals surface area contributed by atoms with Crippen LogP contribution in [-0.4, -0.2) is 51.4 Å². The number of carbonyl (C=O) groups excluding carboxylic acids is 2. The highest BCUT2D eigenvalue weighted by Crippen LogP contribution is 2.27. The molecule has 4 rings (SSSR count). The van der Waals surface area contributed by atoms with Crippen LogP contribution >= 0.6 is 0 Å². The zero-order valence-corrected chi connectivity index (χ0v) is 28.6. The second kappa shape index (κ2) is 16.3. The van der Waals surface area contributed by atoms with Crippen LogP contribution in [0.15, 0.2) is 114 Å². The zero-order valence-electron chi connectivity index (χ0n) is 27.8. The molecule has 1 atom stereocenters. The van der Waals surface area contributed by atoms with Crippen molar-refractivity contribution in [2.45, 2.75) is 57.5 Å². The smallest absolute Gasteiger partial charge is 0.264 e. The number of methoxy groups -OCH3 is 1. The minimum absolute atomic E-state index is 0.0636. The molecule has 0 aromatic heterocycles. The summed E-state index contributed by atoms with van der Waals surface area (Å²) in [5, 5.41) is 3.01. The lowest BCUT2D eigenvalue weighted by atomic mass is 10.0. The van der Waals surface area contributed by atoms with E-state index in [4.69, 9.17) is 4.74 Å². The third kappa shape index (κ3) is 9.45. The maximum Gasteiger partial charge on any atom is 0.264 e. The van der Waals surface area contributed by atoms with Crippen molar-refractivity contribution in [1.82, 2.24) is 10.2 Å². The van der Waals surface area contributed by atoms with Gasteiger partial charge in [-0.15, -0.1) is 0 Å². The Morgan fingerprint density at radius 2 is 1.40 bits per heavy atom. The van der Waals surface area contributed by atoms with Crippen molar-refractivity contribution in [1.29, 1.82) is 0 Å². The Kier molecular flexibility index (Phi) is 12.2. The van der Waals surface area contributed by atoms with Crippen LogP contribution in [0.1, 0.15) is 50.3 Å². The van der Waals surface area contributed by atoms with E-state index in [9.17, 15) is 18.0 Å². The first kappa shape index (κ1) is 35.2. The number of sulfonamides is 1. The van der Waals surface area contributed by atoms with Crippen LogP contribution in [0.5, 0.6) is 5.75 Å². The SMILES string of the molecule is COc1cccc(CN(C(=O)CN(c2ccc(C(C)C)cc2)S(=O)(=O)c2ccccc2)[C@@H](Cc2ccccc2)C(=O)NCC(C)C)c1. The topological polar surface area (TPSA) is 96.0 Å². The Bertz CT molecular complexity index is 1710. The summed E-state index contributed by atoms with van der Waals surface area (Å²) in [5.41, 5.74) is 3.02. The van der Waals surface area contributed by atoms with Crippen LogP contribution in [0.3, 0.4) is 0 Å². The van der Waals surface area contributed by atoms with Gasteiger partial charge in [0.1, 0.15) is 18.3 Å². The Balaban J connectivity index is 1.81. The van der Waals surface area contributed by atoms with Crippen LogP contribution in [0, 0.1) is 5.92 Å². The zero-order chi connectivity index (χ0) is 34.0. The summed E-state index contributed by atoms with van der Waals surface area (Å²) in [5.74, 6) is 0.223. The highest BCUT2D eigenvalue weighted by Gasteiger charge is 2.34. The molecule has 0 spiro atoms. The number of rotatable bonds is 15. The second-order valence-electron chi connectivity index (χ2n) is 12.3. The second-order valence-corrected chi connectivity index (χ2v) is 14.2. The summed E-state index contributed by atoms with van der Waals surface area (Å²) < 4.78 is 34.9. The van der Waals surface area contributed by atoms with E-state index in [1.165, 1.54) is 17.0 Å². The number of nitrogens with one attached hydrogen (secondary N) is 1. The number of nitrogens with zero attached hydrogens (tertiary/aromatic N) is 2. The molecule has 8 nitrogen and oxygen atoms in total. The number of carbonyl (C=O) groups is 2. The highest BCUT2D eigenvalue weighted by molar-refractivity contribution is 7.92. The first-order valence-corrected chi connectivity index (χ1v) is 17.4. The maximum absolute atomic E-state index is 14.6. The molecule has 1 N–H and O–H groups in total. The Labute approximate surface area is 279 Å². The molecule has 0 saturated carbocycles. The largest absolute Gasteiger partial charge is 0.497 e. The molecular weight excluding hydrogens is 611 g/mol. The van der Waals surface area contributed by atoms with Gasteiger partial charge in [0.2, 0.25) is 11.8 Å². The lowest BCUT2D eigenvalue weighted by molar-refractivity contribution is -0.140. The molecule has 248 valence electrons. The monoisotopic (exact) mass is 655 g/mol. The summed E-state index contributed by atoms with van der Waals surface area (Å²) in [6.07, 6.45) is 0.245. The molecular formula is C38H45N3O5S. The molecule has 0 aliphatic rings. The first-order chi connectivity index (χ1) is 22.5. The predicted octanol–water partition coefficient (Wildman–Crippen LogP) is 6.43. The van der Waals surface area contributed by atoms with Gasteiger partial charge in [-0.3, -0.25) is 13.9 Å². The molecule has 0 unspecified atom stereocenters. The molecule has 0 fully saturated rings. The molecule has 0 heterocycles. The molecule has 2 amide bonds. The van der Waals surface area contributed by atoms with Crippen molar-refractivity contribution in [3.63, 3.8) is 0 Å². The van der Waals surface area contributed by atoms with Gasteiger partial charge in [-0.1, -0.05) is 100 Å². The van der Waals surface area contributed by atoms with E-state index in [-0.39, 0.29) is 35.6 Å². The van der Waals surface area contributed by atoms with Crippen LogP contribution in [0.2, 0.25) is 0 Å². The average molecular weight is 656 g/mol. The molecule has 47 heavy (non-hydrogen) atoms.